The first-order valence-corrected chi connectivity index (χ1v) is 8.70. The maximum absolute atomic E-state index is 12.4. The first-order valence-electron chi connectivity index (χ1n) is 8.70. The minimum atomic E-state index is -0.222. The second-order valence-corrected chi connectivity index (χ2v) is 6.11. The third-order valence-corrected chi connectivity index (χ3v) is 4.34. The summed E-state index contributed by atoms with van der Waals surface area (Å²) in [5.74, 6) is 0.893. The fraction of sp³-hybridized carbons (Fsp3) is 0.474. The van der Waals surface area contributed by atoms with Gasteiger partial charge in [-0.2, -0.15) is 0 Å². The zero-order chi connectivity index (χ0) is 17.6. The van der Waals surface area contributed by atoms with Crippen LogP contribution in [0, 0.1) is 5.92 Å². The van der Waals surface area contributed by atoms with E-state index in [-0.39, 0.29) is 17.8 Å². The lowest BCUT2D eigenvalue weighted by Gasteiger charge is -2.30. The number of hydrogen-bond acceptors (Lipinski definition) is 5. The van der Waals surface area contributed by atoms with Gasteiger partial charge in [0, 0.05) is 19.2 Å². The van der Waals surface area contributed by atoms with E-state index in [2.05, 4.69) is 0 Å². The first kappa shape index (κ1) is 17.3. The molecule has 25 heavy (non-hydrogen) atoms. The molecule has 1 unspecified atom stereocenters. The van der Waals surface area contributed by atoms with Crippen LogP contribution >= 0.6 is 0 Å². The predicted octanol–water partition coefficient (Wildman–Crippen LogP) is 2.27. The van der Waals surface area contributed by atoms with Gasteiger partial charge in [0.1, 0.15) is 13.2 Å². The number of likely N-dealkylation sites (tertiary alicyclic amines) is 1. The maximum Gasteiger partial charge on any atom is 0.310 e. The van der Waals surface area contributed by atoms with E-state index in [1.54, 1.807) is 24.0 Å². The van der Waals surface area contributed by atoms with Crippen LogP contribution < -0.4 is 9.47 Å². The van der Waals surface area contributed by atoms with Gasteiger partial charge in [-0.05, 0) is 43.5 Å². The molecule has 0 radical (unpaired) electrons. The van der Waals surface area contributed by atoms with Gasteiger partial charge in [-0.1, -0.05) is 6.07 Å². The van der Waals surface area contributed by atoms with Crippen LogP contribution in [0.4, 0.5) is 0 Å². The summed E-state index contributed by atoms with van der Waals surface area (Å²) in [7, 11) is 0. The van der Waals surface area contributed by atoms with E-state index in [1.807, 2.05) is 18.2 Å². The number of rotatable bonds is 4. The van der Waals surface area contributed by atoms with Gasteiger partial charge >= 0.3 is 5.97 Å². The summed E-state index contributed by atoms with van der Waals surface area (Å²) in [5, 5.41) is 0. The third-order valence-electron chi connectivity index (χ3n) is 4.34. The molecule has 1 atom stereocenters. The molecule has 0 saturated carbocycles. The average Bonchev–Trinajstić information content (AvgIpc) is 2.66. The van der Waals surface area contributed by atoms with Gasteiger partial charge in [0.2, 0.25) is 5.91 Å². The molecule has 0 spiro atoms. The highest BCUT2D eigenvalue weighted by atomic mass is 16.6. The van der Waals surface area contributed by atoms with Gasteiger partial charge in [0.25, 0.3) is 0 Å². The van der Waals surface area contributed by atoms with Crippen molar-refractivity contribution in [2.45, 2.75) is 19.8 Å². The number of carbonyl (C=O) groups excluding carboxylic acids is 2. The second kappa shape index (κ2) is 8.05. The number of amides is 1. The molecular formula is C19H23NO5. The highest BCUT2D eigenvalue weighted by Gasteiger charge is 2.28. The van der Waals surface area contributed by atoms with Gasteiger partial charge in [0.15, 0.2) is 11.5 Å². The van der Waals surface area contributed by atoms with E-state index in [0.717, 1.165) is 24.2 Å². The van der Waals surface area contributed by atoms with Gasteiger partial charge in [0.05, 0.1) is 12.5 Å². The predicted molar refractivity (Wildman–Crippen MR) is 92.4 cm³/mol. The lowest BCUT2D eigenvalue weighted by molar-refractivity contribution is -0.150. The Hall–Kier alpha value is -2.50. The second-order valence-electron chi connectivity index (χ2n) is 6.11. The molecule has 134 valence electrons. The van der Waals surface area contributed by atoms with Crippen molar-refractivity contribution in [1.82, 2.24) is 4.90 Å². The highest BCUT2D eigenvalue weighted by molar-refractivity contribution is 5.92. The van der Waals surface area contributed by atoms with Crippen molar-refractivity contribution in [3.05, 3.63) is 29.8 Å². The number of esters is 1. The summed E-state index contributed by atoms with van der Waals surface area (Å²) in [4.78, 5) is 26.0. The zero-order valence-electron chi connectivity index (χ0n) is 14.4. The van der Waals surface area contributed by atoms with Crippen LogP contribution in [0.15, 0.2) is 24.3 Å². The molecule has 1 aromatic rings. The van der Waals surface area contributed by atoms with Crippen molar-refractivity contribution in [2.75, 3.05) is 32.9 Å². The van der Waals surface area contributed by atoms with E-state index in [9.17, 15) is 9.59 Å². The Kier molecular flexibility index (Phi) is 5.58. The van der Waals surface area contributed by atoms with Crippen LogP contribution in [-0.4, -0.2) is 49.7 Å². The van der Waals surface area contributed by atoms with Crippen molar-refractivity contribution < 1.29 is 23.8 Å². The molecule has 1 aromatic carbocycles. The lowest BCUT2D eigenvalue weighted by Crippen LogP contribution is -2.42. The van der Waals surface area contributed by atoms with Crippen molar-refractivity contribution in [1.29, 1.82) is 0 Å². The normalized spacial score (nSPS) is 19.7. The molecule has 3 rings (SSSR count). The van der Waals surface area contributed by atoms with Gasteiger partial charge in [-0.25, -0.2) is 0 Å². The molecular weight excluding hydrogens is 322 g/mol. The number of fused-ring (bicyclic) bond motifs is 1. The number of piperidine rings is 1. The van der Waals surface area contributed by atoms with Gasteiger partial charge in [-0.3, -0.25) is 9.59 Å². The monoisotopic (exact) mass is 345 g/mol. The number of nitrogens with zero attached hydrogens (tertiary/aromatic N) is 1. The molecule has 6 nitrogen and oxygen atoms in total. The van der Waals surface area contributed by atoms with Crippen LogP contribution in [0.5, 0.6) is 11.5 Å². The van der Waals surface area contributed by atoms with Crippen molar-refractivity contribution in [3.8, 4) is 11.5 Å². The fourth-order valence-electron chi connectivity index (χ4n) is 3.07. The molecule has 0 bridgehead atoms. The molecule has 0 N–H and O–H groups in total. The number of ether oxygens (including phenoxy) is 3. The number of carbonyl (C=O) groups is 2. The Labute approximate surface area is 147 Å². The summed E-state index contributed by atoms with van der Waals surface area (Å²) in [6, 6.07) is 5.58. The van der Waals surface area contributed by atoms with E-state index < -0.39 is 0 Å². The van der Waals surface area contributed by atoms with Gasteiger partial charge < -0.3 is 19.1 Å². The molecule has 0 aliphatic carbocycles. The molecule has 2 aliphatic rings. The Bertz CT molecular complexity index is 670. The average molecular weight is 345 g/mol. The zero-order valence-corrected chi connectivity index (χ0v) is 14.4. The first-order chi connectivity index (χ1) is 12.2. The van der Waals surface area contributed by atoms with Crippen LogP contribution in [0.3, 0.4) is 0 Å². The minimum absolute atomic E-state index is 0.0936. The topological polar surface area (TPSA) is 65.1 Å². The summed E-state index contributed by atoms with van der Waals surface area (Å²) in [6.45, 7) is 4.33. The summed E-state index contributed by atoms with van der Waals surface area (Å²) < 4.78 is 16.1. The van der Waals surface area contributed by atoms with E-state index in [4.69, 9.17) is 14.2 Å². The van der Waals surface area contributed by atoms with Crippen molar-refractivity contribution >= 4 is 18.0 Å². The van der Waals surface area contributed by atoms with Crippen molar-refractivity contribution in [2.24, 2.45) is 5.92 Å². The SMILES string of the molecule is CCOC(=O)C1CCCN(C(=O)C=Cc2ccc3c(c2)OCCO3)C1. The molecule has 6 heteroatoms. The third kappa shape index (κ3) is 4.32. The highest BCUT2D eigenvalue weighted by Crippen LogP contribution is 2.31. The number of benzene rings is 1. The molecule has 0 aromatic heterocycles. The molecule has 1 amide bonds. The summed E-state index contributed by atoms with van der Waals surface area (Å²) in [5.41, 5.74) is 0.872. The summed E-state index contributed by atoms with van der Waals surface area (Å²) in [6.07, 6.45) is 4.88. The minimum Gasteiger partial charge on any atom is -0.486 e. The van der Waals surface area contributed by atoms with Crippen LogP contribution in [0.2, 0.25) is 0 Å². The number of hydrogen-bond donors (Lipinski definition) is 0. The van der Waals surface area contributed by atoms with E-state index >= 15 is 0 Å². The Morgan fingerprint density at radius 1 is 1.28 bits per heavy atom. The quantitative estimate of drug-likeness (QED) is 0.619. The fourth-order valence-corrected chi connectivity index (χ4v) is 3.07. The van der Waals surface area contributed by atoms with Crippen molar-refractivity contribution in [3.63, 3.8) is 0 Å². The largest absolute Gasteiger partial charge is 0.486 e. The van der Waals surface area contributed by atoms with E-state index in [1.165, 1.54) is 0 Å². The standard InChI is InChI=1S/C19H23NO5/c1-2-23-19(22)15-4-3-9-20(13-15)18(21)8-6-14-5-7-16-17(12-14)25-11-10-24-16/h5-8,12,15H,2-4,9-11,13H2,1H3. The molecule has 1 fully saturated rings. The molecule has 1 saturated heterocycles. The van der Waals surface area contributed by atoms with Crippen LogP contribution in [-0.2, 0) is 14.3 Å². The lowest BCUT2D eigenvalue weighted by atomic mass is 9.98. The summed E-state index contributed by atoms with van der Waals surface area (Å²) >= 11 is 0. The Morgan fingerprint density at radius 2 is 2.08 bits per heavy atom. The Morgan fingerprint density at radius 3 is 2.88 bits per heavy atom. The van der Waals surface area contributed by atoms with Crippen LogP contribution in [0.25, 0.3) is 6.08 Å². The smallest absolute Gasteiger partial charge is 0.310 e. The Balaban J connectivity index is 1.61. The van der Waals surface area contributed by atoms with Gasteiger partial charge in [-0.15, -0.1) is 0 Å². The molecule has 2 heterocycles. The molecule has 2 aliphatic heterocycles. The van der Waals surface area contributed by atoms with Crippen LogP contribution in [0.1, 0.15) is 25.3 Å². The van der Waals surface area contributed by atoms with E-state index in [0.29, 0.717) is 38.7 Å². The maximum atomic E-state index is 12.4.